The molecule has 2 nitrogen and oxygen atoms in total. The van der Waals surface area contributed by atoms with Gasteiger partial charge in [-0.05, 0) is 31.6 Å². The molecule has 1 heterocycles. The van der Waals surface area contributed by atoms with Gasteiger partial charge < -0.3 is 0 Å². The molecule has 0 aromatic carbocycles. The van der Waals surface area contributed by atoms with Crippen LogP contribution < -0.4 is 0 Å². The molecule has 0 aliphatic carbocycles. The van der Waals surface area contributed by atoms with Gasteiger partial charge in [0, 0.05) is 6.20 Å². The summed E-state index contributed by atoms with van der Waals surface area (Å²) in [5.74, 6) is 0. The number of hydrogen-bond donors (Lipinski definition) is 0. The molecule has 0 saturated carbocycles. The van der Waals surface area contributed by atoms with Crippen molar-refractivity contribution in [3.63, 3.8) is 0 Å². The maximum atomic E-state index is 4.50. The first kappa shape index (κ1) is 8.40. The third-order valence-electron chi connectivity index (χ3n) is 1.32. The minimum absolute atomic E-state index is 0.524. The van der Waals surface area contributed by atoms with E-state index in [2.05, 4.69) is 21.9 Å². The smallest absolute Gasteiger partial charge is 0.0892 e. The summed E-state index contributed by atoms with van der Waals surface area (Å²) in [6.07, 6.45) is 6.13. The molecule has 1 aromatic rings. The Bertz CT molecular complexity index is 277. The summed E-state index contributed by atoms with van der Waals surface area (Å²) in [6.45, 7) is 1.99. The van der Waals surface area contributed by atoms with Gasteiger partial charge in [-0.15, -0.1) is 0 Å². The van der Waals surface area contributed by atoms with Gasteiger partial charge in [0.25, 0.3) is 0 Å². The first-order chi connectivity index (χ1) is 5.20. The van der Waals surface area contributed by atoms with E-state index >= 15 is 0 Å². The van der Waals surface area contributed by atoms with Crippen molar-refractivity contribution in [2.75, 3.05) is 12.5 Å². The molecule has 0 fully saturated rings. The zero-order valence-corrected chi connectivity index (χ0v) is 8.13. The Morgan fingerprint density at radius 1 is 1.45 bits per heavy atom. The van der Waals surface area contributed by atoms with Gasteiger partial charge in [-0.3, -0.25) is 4.98 Å². The molecule has 0 bridgehead atoms. The maximum Gasteiger partial charge on any atom is 0.0892 e. The molecular weight excluding hydrogens is 156 g/mol. The minimum atomic E-state index is -0.524. The maximum absolute atomic E-state index is 4.50. The van der Waals surface area contributed by atoms with Crippen molar-refractivity contribution in [2.24, 2.45) is 4.36 Å². The Morgan fingerprint density at radius 3 is 2.73 bits per heavy atom. The predicted molar refractivity (Wildman–Crippen MR) is 53.1 cm³/mol. The lowest BCUT2D eigenvalue weighted by atomic mass is 10.3. The van der Waals surface area contributed by atoms with Gasteiger partial charge in [-0.25, -0.2) is 15.1 Å². The molecule has 0 radical (unpaired) electrons. The van der Waals surface area contributed by atoms with Crippen LogP contribution in [-0.2, 0) is 10.7 Å². The van der Waals surface area contributed by atoms with Crippen molar-refractivity contribution >= 4 is 16.4 Å². The highest BCUT2D eigenvalue weighted by Crippen LogP contribution is 2.14. The summed E-state index contributed by atoms with van der Waals surface area (Å²) in [6, 6.07) is 3.94. The monoisotopic (exact) mass is 170 g/mol. The Kier molecular flexibility index (Phi) is 2.76. The second-order valence-electron chi connectivity index (χ2n) is 2.67. The molecule has 11 heavy (non-hydrogen) atoms. The topological polar surface area (TPSA) is 25.2 Å². The van der Waals surface area contributed by atoms with E-state index in [4.69, 9.17) is 0 Å². The summed E-state index contributed by atoms with van der Waals surface area (Å²) in [4.78, 5) is 4.15. The molecule has 0 aliphatic rings. The molecule has 0 N–H and O–H groups in total. The number of aromatic nitrogens is 1. The molecule has 0 saturated heterocycles. The van der Waals surface area contributed by atoms with Crippen molar-refractivity contribution < 1.29 is 0 Å². The highest BCUT2D eigenvalue weighted by molar-refractivity contribution is 7.85. The molecule has 0 amide bonds. The lowest BCUT2D eigenvalue weighted by molar-refractivity contribution is 1.19. The largest absolute Gasteiger partial charge is 0.259 e. The van der Waals surface area contributed by atoms with Crippen LogP contribution in [0.5, 0.6) is 0 Å². The SMILES string of the molecule is Cc1ncccc1N=[SH2](C)C. The standard InChI is InChI=1S/C8H14N2S/c1-7-8(10-11(2)3)5-4-6-9-7/h4-6H,11H2,1-3H3. The molecule has 0 unspecified atom stereocenters. The summed E-state index contributed by atoms with van der Waals surface area (Å²) in [5, 5.41) is 0. The van der Waals surface area contributed by atoms with Crippen LogP contribution in [0.2, 0.25) is 0 Å². The fraction of sp³-hybridized carbons (Fsp3) is 0.375. The van der Waals surface area contributed by atoms with E-state index in [1.165, 1.54) is 0 Å². The summed E-state index contributed by atoms with van der Waals surface area (Å²) in [7, 11) is -0.524. The zero-order valence-electron chi connectivity index (χ0n) is 7.13. The molecule has 62 valence electrons. The molecule has 0 spiro atoms. The van der Waals surface area contributed by atoms with E-state index in [0.29, 0.717) is 0 Å². The molecule has 0 atom stereocenters. The van der Waals surface area contributed by atoms with Crippen LogP contribution in [0.3, 0.4) is 0 Å². The zero-order chi connectivity index (χ0) is 8.27. The van der Waals surface area contributed by atoms with Gasteiger partial charge in [0.2, 0.25) is 0 Å². The minimum Gasteiger partial charge on any atom is -0.259 e. The third-order valence-corrected chi connectivity index (χ3v) is 2.01. The highest BCUT2D eigenvalue weighted by atomic mass is 32.2. The summed E-state index contributed by atoms with van der Waals surface area (Å²) in [5.41, 5.74) is 2.07. The van der Waals surface area contributed by atoms with E-state index in [9.17, 15) is 0 Å². The van der Waals surface area contributed by atoms with Crippen molar-refractivity contribution in [3.8, 4) is 0 Å². The second-order valence-corrected chi connectivity index (χ2v) is 4.78. The van der Waals surface area contributed by atoms with Gasteiger partial charge in [0.1, 0.15) is 0 Å². The average molecular weight is 170 g/mol. The van der Waals surface area contributed by atoms with Crippen LogP contribution in [-0.4, -0.2) is 17.5 Å². The first-order valence-electron chi connectivity index (χ1n) is 3.63. The van der Waals surface area contributed by atoms with Crippen LogP contribution in [0, 0.1) is 6.92 Å². The summed E-state index contributed by atoms with van der Waals surface area (Å²) < 4.78 is 4.50. The normalized spacial score (nSPS) is 11.0. The Balaban J connectivity index is 3.04. The van der Waals surface area contributed by atoms with Gasteiger partial charge in [-0.1, -0.05) is 0 Å². The van der Waals surface area contributed by atoms with E-state index in [1.807, 2.05) is 19.1 Å². The summed E-state index contributed by atoms with van der Waals surface area (Å²) >= 11 is 0. The number of rotatable bonds is 1. The van der Waals surface area contributed by atoms with Crippen molar-refractivity contribution in [1.82, 2.24) is 4.98 Å². The molecule has 3 heteroatoms. The quantitative estimate of drug-likeness (QED) is 0.627. The van der Waals surface area contributed by atoms with Gasteiger partial charge in [0.15, 0.2) is 0 Å². The number of nitrogens with zero attached hydrogens (tertiary/aromatic N) is 2. The Morgan fingerprint density at radius 2 is 2.18 bits per heavy atom. The lowest BCUT2D eigenvalue weighted by Gasteiger charge is -1.99. The van der Waals surface area contributed by atoms with Crippen LogP contribution in [0.15, 0.2) is 22.7 Å². The van der Waals surface area contributed by atoms with Crippen LogP contribution in [0.1, 0.15) is 5.69 Å². The lowest BCUT2D eigenvalue weighted by Crippen LogP contribution is -1.82. The van der Waals surface area contributed by atoms with E-state index in [0.717, 1.165) is 11.4 Å². The van der Waals surface area contributed by atoms with Crippen molar-refractivity contribution in [1.29, 1.82) is 0 Å². The first-order valence-corrected chi connectivity index (χ1v) is 6.08. The van der Waals surface area contributed by atoms with Crippen LogP contribution in [0.25, 0.3) is 0 Å². The van der Waals surface area contributed by atoms with Crippen LogP contribution >= 0.6 is 0 Å². The fourth-order valence-electron chi connectivity index (χ4n) is 0.835. The molecule has 0 aliphatic heterocycles. The number of hydrogen-bond acceptors (Lipinski definition) is 2. The van der Waals surface area contributed by atoms with Crippen molar-refractivity contribution in [3.05, 3.63) is 24.0 Å². The van der Waals surface area contributed by atoms with Crippen LogP contribution in [0.4, 0.5) is 5.69 Å². The Labute approximate surface area is 69.8 Å². The van der Waals surface area contributed by atoms with E-state index < -0.39 is 10.7 Å². The predicted octanol–water partition coefficient (Wildman–Crippen LogP) is 1.55. The molecular formula is C8H14N2S. The fourth-order valence-corrected chi connectivity index (χ4v) is 1.55. The van der Waals surface area contributed by atoms with Crippen molar-refractivity contribution in [2.45, 2.75) is 6.92 Å². The highest BCUT2D eigenvalue weighted by Gasteiger charge is 1.92. The average Bonchev–Trinajstić information content (AvgIpc) is 1.93. The van der Waals surface area contributed by atoms with Gasteiger partial charge in [0.05, 0.1) is 11.4 Å². The number of pyridine rings is 1. The second kappa shape index (κ2) is 3.62. The Hall–Kier alpha value is -0.700. The molecule has 1 rings (SSSR count). The number of aryl methyl sites for hydroxylation is 1. The third kappa shape index (κ3) is 2.42. The van der Waals surface area contributed by atoms with E-state index in [-0.39, 0.29) is 0 Å². The van der Waals surface area contributed by atoms with Gasteiger partial charge >= 0.3 is 0 Å². The van der Waals surface area contributed by atoms with Gasteiger partial charge in [-0.2, -0.15) is 0 Å². The molecule has 1 aromatic heterocycles. The van der Waals surface area contributed by atoms with E-state index in [1.54, 1.807) is 6.20 Å².